The lowest BCUT2D eigenvalue weighted by atomic mass is 9.96. The maximum atomic E-state index is 12.6. The van der Waals surface area contributed by atoms with Gasteiger partial charge in [-0.2, -0.15) is 0 Å². The first-order valence-corrected chi connectivity index (χ1v) is 9.21. The highest BCUT2D eigenvalue weighted by Crippen LogP contribution is 2.22. The summed E-state index contributed by atoms with van der Waals surface area (Å²) in [7, 11) is -3.41. The van der Waals surface area contributed by atoms with Gasteiger partial charge in [-0.3, -0.25) is 9.52 Å². The minimum atomic E-state index is -3.41. The van der Waals surface area contributed by atoms with Crippen LogP contribution in [0.4, 0.5) is 5.69 Å². The van der Waals surface area contributed by atoms with Gasteiger partial charge in [-0.1, -0.05) is 12.1 Å². The zero-order valence-corrected chi connectivity index (χ0v) is 13.6. The van der Waals surface area contributed by atoms with Crippen molar-refractivity contribution in [3.05, 3.63) is 29.8 Å². The third kappa shape index (κ3) is 3.98. The maximum absolute atomic E-state index is 12.6. The summed E-state index contributed by atoms with van der Waals surface area (Å²) < 4.78 is 26.0. The van der Waals surface area contributed by atoms with E-state index in [1.807, 2.05) is 0 Å². The van der Waals surface area contributed by atoms with Crippen molar-refractivity contribution in [3.63, 3.8) is 0 Å². The number of carbonyl (C=O) groups is 1. The number of sulfonamides is 1. The van der Waals surface area contributed by atoms with Gasteiger partial charge in [0.1, 0.15) is 0 Å². The molecule has 122 valence electrons. The van der Waals surface area contributed by atoms with E-state index < -0.39 is 10.0 Å². The minimum Gasteiger partial charge on any atom is -0.339 e. The Morgan fingerprint density at radius 1 is 1.32 bits per heavy atom. The van der Waals surface area contributed by atoms with Crippen molar-refractivity contribution in [2.24, 2.45) is 11.7 Å². The topological polar surface area (TPSA) is 92.5 Å². The van der Waals surface area contributed by atoms with Crippen molar-refractivity contribution in [2.45, 2.75) is 19.8 Å². The summed E-state index contributed by atoms with van der Waals surface area (Å²) in [5.74, 6) is 0.306. The summed E-state index contributed by atoms with van der Waals surface area (Å²) in [4.78, 5) is 14.4. The number of anilines is 1. The number of nitrogens with two attached hydrogens (primary N) is 1. The first-order chi connectivity index (χ1) is 10.5. The number of benzene rings is 1. The second kappa shape index (κ2) is 7.11. The number of rotatable bonds is 5. The van der Waals surface area contributed by atoms with Crippen LogP contribution in [0.15, 0.2) is 24.3 Å². The van der Waals surface area contributed by atoms with Gasteiger partial charge in [0.25, 0.3) is 5.91 Å². The molecular formula is C15H23N3O3S. The molecule has 0 atom stereocenters. The Hall–Kier alpha value is -1.60. The molecule has 0 radical (unpaired) electrons. The lowest BCUT2D eigenvalue weighted by molar-refractivity contribution is 0.0694. The van der Waals surface area contributed by atoms with E-state index in [-0.39, 0.29) is 11.7 Å². The Morgan fingerprint density at radius 2 is 1.95 bits per heavy atom. The molecule has 0 aromatic heterocycles. The van der Waals surface area contributed by atoms with E-state index in [1.165, 1.54) is 0 Å². The van der Waals surface area contributed by atoms with E-state index in [0.29, 0.717) is 36.8 Å². The second-order valence-corrected chi connectivity index (χ2v) is 7.53. The van der Waals surface area contributed by atoms with Gasteiger partial charge in [0.05, 0.1) is 17.0 Å². The molecule has 1 saturated heterocycles. The fourth-order valence-electron chi connectivity index (χ4n) is 2.54. The average molecular weight is 325 g/mol. The van der Waals surface area contributed by atoms with E-state index in [9.17, 15) is 13.2 Å². The Kier molecular flexibility index (Phi) is 5.42. The van der Waals surface area contributed by atoms with Crippen molar-refractivity contribution < 1.29 is 13.2 Å². The van der Waals surface area contributed by atoms with Crippen LogP contribution in [0.3, 0.4) is 0 Å². The number of hydrogen-bond acceptors (Lipinski definition) is 4. The van der Waals surface area contributed by atoms with Crippen LogP contribution in [-0.2, 0) is 10.0 Å². The molecule has 1 aliphatic heterocycles. The molecule has 1 fully saturated rings. The number of carbonyl (C=O) groups excluding carboxylic acids is 1. The molecule has 3 N–H and O–H groups in total. The van der Waals surface area contributed by atoms with E-state index in [1.54, 1.807) is 36.1 Å². The van der Waals surface area contributed by atoms with Crippen LogP contribution >= 0.6 is 0 Å². The molecule has 1 heterocycles. The second-order valence-electron chi connectivity index (χ2n) is 5.52. The molecule has 6 nitrogen and oxygen atoms in total. The molecular weight excluding hydrogens is 302 g/mol. The molecule has 1 aromatic carbocycles. The van der Waals surface area contributed by atoms with Gasteiger partial charge in [-0.25, -0.2) is 8.42 Å². The van der Waals surface area contributed by atoms with E-state index in [2.05, 4.69) is 4.72 Å². The first-order valence-electron chi connectivity index (χ1n) is 7.55. The lowest BCUT2D eigenvalue weighted by Gasteiger charge is -2.31. The summed E-state index contributed by atoms with van der Waals surface area (Å²) in [6.45, 7) is 3.53. The van der Waals surface area contributed by atoms with Crippen LogP contribution in [-0.4, -0.2) is 44.6 Å². The van der Waals surface area contributed by atoms with Crippen LogP contribution in [0.1, 0.15) is 30.1 Å². The van der Waals surface area contributed by atoms with Gasteiger partial charge >= 0.3 is 0 Å². The summed E-state index contributed by atoms with van der Waals surface area (Å²) in [5, 5.41) is 0. The van der Waals surface area contributed by atoms with Crippen LogP contribution in [0, 0.1) is 5.92 Å². The van der Waals surface area contributed by atoms with Crippen LogP contribution < -0.4 is 10.5 Å². The molecule has 1 aliphatic rings. The Labute approximate surface area is 131 Å². The van der Waals surface area contributed by atoms with Crippen molar-refractivity contribution in [2.75, 3.05) is 30.1 Å². The zero-order valence-electron chi connectivity index (χ0n) is 12.8. The SMILES string of the molecule is CCS(=O)(=O)Nc1ccccc1C(=O)N1CCC(CN)CC1. The summed E-state index contributed by atoms with van der Waals surface area (Å²) in [6, 6.07) is 6.73. The van der Waals surface area contributed by atoms with E-state index in [4.69, 9.17) is 5.73 Å². The van der Waals surface area contributed by atoms with E-state index >= 15 is 0 Å². The van der Waals surface area contributed by atoms with Crippen molar-refractivity contribution in [1.29, 1.82) is 0 Å². The van der Waals surface area contributed by atoms with Gasteiger partial charge in [0, 0.05) is 13.1 Å². The predicted molar refractivity (Wildman–Crippen MR) is 87.2 cm³/mol. The van der Waals surface area contributed by atoms with Gasteiger partial charge in [0.15, 0.2) is 0 Å². The minimum absolute atomic E-state index is 0.0303. The fourth-order valence-corrected chi connectivity index (χ4v) is 3.20. The standard InChI is InChI=1S/C15H23N3O3S/c1-2-22(20,21)17-14-6-4-3-5-13(14)15(19)18-9-7-12(11-16)8-10-18/h3-6,12,17H,2,7-11,16H2,1H3. The average Bonchev–Trinajstić information content (AvgIpc) is 2.54. The summed E-state index contributed by atoms with van der Waals surface area (Å²) in [5.41, 5.74) is 6.40. The van der Waals surface area contributed by atoms with Gasteiger partial charge in [-0.05, 0) is 44.4 Å². The van der Waals surface area contributed by atoms with Crippen molar-refractivity contribution >= 4 is 21.6 Å². The predicted octanol–water partition coefficient (Wildman–Crippen LogP) is 1.26. The smallest absolute Gasteiger partial charge is 0.255 e. The lowest BCUT2D eigenvalue weighted by Crippen LogP contribution is -2.40. The normalized spacial score (nSPS) is 16.5. The number of nitrogens with one attached hydrogen (secondary N) is 1. The third-order valence-corrected chi connectivity index (χ3v) is 5.33. The molecule has 1 amide bonds. The number of likely N-dealkylation sites (tertiary alicyclic amines) is 1. The van der Waals surface area contributed by atoms with Crippen LogP contribution in [0.5, 0.6) is 0 Å². The van der Waals surface area contributed by atoms with Gasteiger partial charge < -0.3 is 10.6 Å². The number of hydrogen-bond donors (Lipinski definition) is 2. The maximum Gasteiger partial charge on any atom is 0.255 e. The molecule has 2 rings (SSSR count). The Morgan fingerprint density at radius 3 is 2.55 bits per heavy atom. The quantitative estimate of drug-likeness (QED) is 0.852. The van der Waals surface area contributed by atoms with Gasteiger partial charge in [0.2, 0.25) is 10.0 Å². The molecule has 0 saturated carbocycles. The number of amides is 1. The number of piperidine rings is 1. The summed E-state index contributed by atoms with van der Waals surface area (Å²) >= 11 is 0. The largest absolute Gasteiger partial charge is 0.339 e. The highest BCUT2D eigenvalue weighted by molar-refractivity contribution is 7.92. The van der Waals surface area contributed by atoms with Gasteiger partial charge in [-0.15, -0.1) is 0 Å². The van der Waals surface area contributed by atoms with Crippen LogP contribution in [0.25, 0.3) is 0 Å². The molecule has 22 heavy (non-hydrogen) atoms. The molecule has 0 bridgehead atoms. The molecule has 0 spiro atoms. The Bertz CT molecular complexity index is 623. The molecule has 0 unspecified atom stereocenters. The van der Waals surface area contributed by atoms with Crippen molar-refractivity contribution in [3.8, 4) is 0 Å². The van der Waals surface area contributed by atoms with Crippen molar-refractivity contribution in [1.82, 2.24) is 4.90 Å². The molecule has 0 aliphatic carbocycles. The highest BCUT2D eigenvalue weighted by Gasteiger charge is 2.25. The molecule has 7 heteroatoms. The van der Waals surface area contributed by atoms with E-state index in [0.717, 1.165) is 12.8 Å². The first kappa shape index (κ1) is 16.8. The highest BCUT2D eigenvalue weighted by atomic mass is 32.2. The number of para-hydroxylation sites is 1. The monoisotopic (exact) mass is 325 g/mol. The zero-order chi connectivity index (χ0) is 16.2. The fraction of sp³-hybridized carbons (Fsp3) is 0.533. The molecule has 1 aromatic rings. The third-order valence-electron chi connectivity index (χ3n) is 4.04. The Balaban J connectivity index is 2.17. The summed E-state index contributed by atoms with van der Waals surface area (Å²) in [6.07, 6.45) is 1.79. The van der Waals surface area contributed by atoms with Crippen LogP contribution in [0.2, 0.25) is 0 Å². The number of nitrogens with zero attached hydrogens (tertiary/aromatic N) is 1.